The van der Waals surface area contributed by atoms with E-state index >= 15 is 0 Å². The molecule has 0 unspecified atom stereocenters. The third kappa shape index (κ3) is 3.20. The van der Waals surface area contributed by atoms with Gasteiger partial charge in [0.25, 0.3) is 0 Å². The van der Waals surface area contributed by atoms with E-state index in [1.807, 2.05) is 0 Å². The molecule has 0 spiro atoms. The molecule has 0 aliphatic heterocycles. The van der Waals surface area contributed by atoms with Gasteiger partial charge in [-0.3, -0.25) is 0 Å². The molecule has 108 valence electrons. The molecule has 0 aromatic heterocycles. The summed E-state index contributed by atoms with van der Waals surface area (Å²) in [4.78, 5) is 22.4. The normalized spacial score (nSPS) is 10.2. The average molecular weight is 286 g/mol. The predicted molar refractivity (Wildman–Crippen MR) is 76.4 cm³/mol. The summed E-state index contributed by atoms with van der Waals surface area (Å²) in [5.74, 6) is -2.02. The van der Waals surface area contributed by atoms with E-state index in [9.17, 15) is 19.8 Å². The summed E-state index contributed by atoms with van der Waals surface area (Å²) in [6.07, 6.45) is 0. The van der Waals surface area contributed by atoms with E-state index in [1.165, 1.54) is 12.1 Å². The molecule has 2 rings (SSSR count). The number of ether oxygens (including phenoxy) is 1. The van der Waals surface area contributed by atoms with Gasteiger partial charge in [-0.05, 0) is 49.2 Å². The molecule has 0 heterocycles. The Balaban J connectivity index is 2.52. The highest BCUT2D eigenvalue weighted by Crippen LogP contribution is 2.30. The number of carboxylic acids is 2. The molecular formula is C16H14O5. The highest BCUT2D eigenvalue weighted by atomic mass is 16.5. The van der Waals surface area contributed by atoms with Crippen molar-refractivity contribution in [1.29, 1.82) is 0 Å². The zero-order valence-electron chi connectivity index (χ0n) is 11.6. The van der Waals surface area contributed by atoms with Crippen LogP contribution in [0.1, 0.15) is 31.8 Å². The van der Waals surface area contributed by atoms with Crippen LogP contribution in [0.3, 0.4) is 0 Å². The van der Waals surface area contributed by atoms with Crippen molar-refractivity contribution >= 4 is 11.9 Å². The van der Waals surface area contributed by atoms with Crippen LogP contribution in [0.15, 0.2) is 36.4 Å². The molecule has 0 bridgehead atoms. The first-order chi connectivity index (χ1) is 9.88. The average Bonchev–Trinajstić information content (AvgIpc) is 2.38. The lowest BCUT2D eigenvalue weighted by Crippen LogP contribution is -2.04. The molecule has 0 atom stereocenters. The molecule has 2 aromatic carbocycles. The third-order valence-electron chi connectivity index (χ3n) is 2.95. The number of carbonyl (C=O) groups is 2. The van der Waals surface area contributed by atoms with Crippen LogP contribution in [0.2, 0.25) is 0 Å². The van der Waals surface area contributed by atoms with Gasteiger partial charge in [-0.2, -0.15) is 0 Å². The summed E-state index contributed by atoms with van der Waals surface area (Å²) in [5.41, 5.74) is 1.61. The Morgan fingerprint density at radius 3 is 1.52 bits per heavy atom. The predicted octanol–water partition coefficient (Wildman–Crippen LogP) is 3.49. The van der Waals surface area contributed by atoms with E-state index in [0.29, 0.717) is 0 Å². The fraction of sp³-hybridized carbons (Fsp3) is 0.125. The van der Waals surface area contributed by atoms with E-state index in [2.05, 4.69) is 0 Å². The first kappa shape index (κ1) is 14.6. The molecule has 0 amide bonds. The Hall–Kier alpha value is -2.82. The standard InChI is InChI=1S/C16H14O5/c1-9-3-5-11(15(17)18)13(7-9)21-14-8-10(2)4-6-12(14)16(19)20/h3-8H,1-2H3,(H,17,18)(H,19,20). The number of carboxylic acid groups (broad SMARTS) is 2. The van der Waals surface area contributed by atoms with E-state index in [-0.39, 0.29) is 22.6 Å². The third-order valence-corrected chi connectivity index (χ3v) is 2.95. The van der Waals surface area contributed by atoms with Crippen molar-refractivity contribution < 1.29 is 24.5 Å². The quantitative estimate of drug-likeness (QED) is 0.898. The second-order valence-corrected chi connectivity index (χ2v) is 4.71. The van der Waals surface area contributed by atoms with E-state index < -0.39 is 11.9 Å². The van der Waals surface area contributed by atoms with Crippen molar-refractivity contribution in [2.75, 3.05) is 0 Å². The second-order valence-electron chi connectivity index (χ2n) is 4.71. The van der Waals surface area contributed by atoms with Crippen molar-refractivity contribution in [3.63, 3.8) is 0 Å². The van der Waals surface area contributed by atoms with Crippen molar-refractivity contribution in [3.05, 3.63) is 58.7 Å². The number of benzene rings is 2. The maximum atomic E-state index is 11.2. The van der Waals surface area contributed by atoms with Crippen LogP contribution in [0.5, 0.6) is 11.5 Å². The van der Waals surface area contributed by atoms with Crippen LogP contribution in [0, 0.1) is 13.8 Å². The van der Waals surface area contributed by atoms with Crippen LogP contribution >= 0.6 is 0 Å². The number of hydrogen-bond donors (Lipinski definition) is 2. The fourth-order valence-electron chi connectivity index (χ4n) is 1.90. The van der Waals surface area contributed by atoms with Crippen molar-refractivity contribution in [2.45, 2.75) is 13.8 Å². The Kier molecular flexibility index (Phi) is 3.93. The molecule has 0 radical (unpaired) electrons. The molecule has 0 saturated heterocycles. The van der Waals surface area contributed by atoms with Crippen LogP contribution in [-0.2, 0) is 0 Å². The van der Waals surface area contributed by atoms with E-state index in [1.54, 1.807) is 38.1 Å². The number of hydrogen-bond acceptors (Lipinski definition) is 3. The summed E-state index contributed by atoms with van der Waals surface area (Å²) in [6, 6.07) is 9.32. The Bertz CT molecular complexity index is 657. The molecule has 2 aromatic rings. The molecule has 0 saturated carbocycles. The molecule has 0 aliphatic rings. The Morgan fingerprint density at radius 1 is 0.810 bits per heavy atom. The Morgan fingerprint density at radius 2 is 1.19 bits per heavy atom. The highest BCUT2D eigenvalue weighted by Gasteiger charge is 2.16. The van der Waals surface area contributed by atoms with Crippen molar-refractivity contribution in [3.8, 4) is 11.5 Å². The van der Waals surface area contributed by atoms with Gasteiger partial charge in [-0.15, -0.1) is 0 Å². The lowest BCUT2D eigenvalue weighted by Gasteiger charge is -2.12. The molecule has 2 N–H and O–H groups in total. The molecule has 0 fully saturated rings. The van der Waals surface area contributed by atoms with Crippen LogP contribution in [-0.4, -0.2) is 22.2 Å². The molecule has 5 nitrogen and oxygen atoms in total. The second kappa shape index (κ2) is 5.66. The lowest BCUT2D eigenvalue weighted by molar-refractivity contribution is 0.0687. The van der Waals surface area contributed by atoms with Crippen molar-refractivity contribution in [2.24, 2.45) is 0 Å². The number of rotatable bonds is 4. The van der Waals surface area contributed by atoms with Gasteiger partial charge in [0, 0.05) is 0 Å². The minimum Gasteiger partial charge on any atom is -0.478 e. The van der Waals surface area contributed by atoms with Gasteiger partial charge in [-0.1, -0.05) is 12.1 Å². The molecule has 21 heavy (non-hydrogen) atoms. The van der Waals surface area contributed by atoms with Gasteiger partial charge in [0.2, 0.25) is 0 Å². The topological polar surface area (TPSA) is 83.8 Å². The monoisotopic (exact) mass is 286 g/mol. The van der Waals surface area contributed by atoms with E-state index in [0.717, 1.165) is 11.1 Å². The summed E-state index contributed by atoms with van der Waals surface area (Å²) >= 11 is 0. The SMILES string of the molecule is Cc1ccc(C(=O)O)c(Oc2cc(C)ccc2C(=O)O)c1. The van der Waals surface area contributed by atoms with Crippen LogP contribution in [0.25, 0.3) is 0 Å². The molecule has 0 aliphatic carbocycles. The Labute approximate surface area is 121 Å². The summed E-state index contributed by atoms with van der Waals surface area (Å²) in [7, 11) is 0. The summed E-state index contributed by atoms with van der Waals surface area (Å²) in [6.45, 7) is 3.60. The maximum absolute atomic E-state index is 11.2. The highest BCUT2D eigenvalue weighted by molar-refractivity contribution is 5.93. The minimum absolute atomic E-state index is 0.0153. The zero-order chi connectivity index (χ0) is 15.6. The van der Waals surface area contributed by atoms with Crippen LogP contribution < -0.4 is 4.74 Å². The van der Waals surface area contributed by atoms with Gasteiger partial charge in [0.1, 0.15) is 22.6 Å². The fourth-order valence-corrected chi connectivity index (χ4v) is 1.90. The van der Waals surface area contributed by atoms with Gasteiger partial charge >= 0.3 is 11.9 Å². The number of aromatic carboxylic acids is 2. The summed E-state index contributed by atoms with van der Waals surface area (Å²) < 4.78 is 5.56. The number of aryl methyl sites for hydroxylation is 2. The van der Waals surface area contributed by atoms with Gasteiger partial charge < -0.3 is 14.9 Å². The first-order valence-electron chi connectivity index (χ1n) is 6.24. The van der Waals surface area contributed by atoms with Gasteiger partial charge in [0.05, 0.1) is 0 Å². The van der Waals surface area contributed by atoms with E-state index in [4.69, 9.17) is 4.74 Å². The molecule has 5 heteroatoms. The van der Waals surface area contributed by atoms with Gasteiger partial charge in [0.15, 0.2) is 0 Å². The summed E-state index contributed by atoms with van der Waals surface area (Å²) in [5, 5.41) is 18.3. The maximum Gasteiger partial charge on any atom is 0.339 e. The first-order valence-corrected chi connectivity index (χ1v) is 6.24. The lowest BCUT2D eigenvalue weighted by atomic mass is 10.1. The van der Waals surface area contributed by atoms with Crippen LogP contribution in [0.4, 0.5) is 0 Å². The zero-order valence-corrected chi connectivity index (χ0v) is 11.6. The van der Waals surface area contributed by atoms with Crippen molar-refractivity contribution in [1.82, 2.24) is 0 Å². The largest absolute Gasteiger partial charge is 0.478 e. The molecular weight excluding hydrogens is 272 g/mol. The van der Waals surface area contributed by atoms with Gasteiger partial charge in [-0.25, -0.2) is 9.59 Å². The smallest absolute Gasteiger partial charge is 0.339 e. The minimum atomic E-state index is -1.13.